The van der Waals surface area contributed by atoms with Gasteiger partial charge in [-0.05, 0) is 20.8 Å². The average Bonchev–Trinajstić information content (AvgIpc) is 1.95. The van der Waals surface area contributed by atoms with E-state index in [0.717, 1.165) is 11.8 Å². The van der Waals surface area contributed by atoms with Gasteiger partial charge in [0.2, 0.25) is 0 Å². The Morgan fingerprint density at radius 1 is 1.18 bits per heavy atom. The number of alkyl carbamates (subject to hydrolysis) is 1. The minimum atomic E-state index is -1.09. The van der Waals surface area contributed by atoms with Gasteiger partial charge in [-0.3, -0.25) is 5.32 Å². The van der Waals surface area contributed by atoms with E-state index in [1.165, 1.54) is 0 Å². The molecule has 0 aromatic heterocycles. The number of carbonyl (C=O) groups excluding carboxylic acids is 1. The highest BCUT2D eigenvalue weighted by molar-refractivity contribution is 8.01. The fourth-order valence-electron chi connectivity index (χ4n) is 0.910. The van der Waals surface area contributed by atoms with Crippen molar-refractivity contribution < 1.29 is 19.4 Å². The number of carboxylic acid groups (broad SMARTS) is 1. The number of thioether (sulfide) groups is 1. The summed E-state index contributed by atoms with van der Waals surface area (Å²) in [7, 11) is 0. The lowest BCUT2D eigenvalue weighted by Crippen LogP contribution is -2.43. The molecule has 0 aliphatic carbocycles. The van der Waals surface area contributed by atoms with E-state index in [1.54, 1.807) is 20.8 Å². The van der Waals surface area contributed by atoms with Gasteiger partial charge in [-0.1, -0.05) is 20.8 Å². The van der Waals surface area contributed by atoms with E-state index in [-0.39, 0.29) is 4.75 Å². The van der Waals surface area contributed by atoms with E-state index >= 15 is 0 Å². The number of nitrogens with one attached hydrogen (secondary N) is 1. The molecule has 1 amide bonds. The van der Waals surface area contributed by atoms with E-state index < -0.39 is 23.0 Å². The third-order valence-corrected chi connectivity index (χ3v) is 2.61. The smallest absolute Gasteiger partial charge is 0.409 e. The molecule has 0 radical (unpaired) electrons. The van der Waals surface area contributed by atoms with E-state index in [4.69, 9.17) is 9.84 Å². The number of carbonyl (C=O) groups is 2. The van der Waals surface area contributed by atoms with Gasteiger partial charge in [0.1, 0.15) is 5.60 Å². The van der Waals surface area contributed by atoms with Crippen LogP contribution in [0.5, 0.6) is 0 Å². The maximum atomic E-state index is 11.4. The fraction of sp³-hybridized carbons (Fsp3) is 0.818. The third-order valence-electron chi connectivity index (χ3n) is 1.34. The second-order valence-corrected chi connectivity index (χ2v) is 7.53. The Morgan fingerprint density at radius 3 is 1.94 bits per heavy atom. The monoisotopic (exact) mass is 263 g/mol. The van der Waals surface area contributed by atoms with Crippen LogP contribution in [0.1, 0.15) is 41.5 Å². The van der Waals surface area contributed by atoms with Gasteiger partial charge in [0.15, 0.2) is 5.37 Å². The van der Waals surface area contributed by atoms with Crippen molar-refractivity contribution in [2.45, 2.75) is 57.3 Å². The van der Waals surface area contributed by atoms with E-state index in [2.05, 4.69) is 5.32 Å². The maximum Gasteiger partial charge on any atom is 0.409 e. The normalized spacial score (nSPS) is 14.0. The molecule has 0 aliphatic rings. The number of aliphatic carboxylic acids is 1. The van der Waals surface area contributed by atoms with Crippen LogP contribution < -0.4 is 5.32 Å². The first-order chi connectivity index (χ1) is 7.41. The summed E-state index contributed by atoms with van der Waals surface area (Å²) in [4.78, 5) is 22.4. The molecule has 0 heterocycles. The summed E-state index contributed by atoms with van der Waals surface area (Å²) >= 11 is 1.15. The highest BCUT2D eigenvalue weighted by Crippen LogP contribution is 2.27. The third kappa shape index (κ3) is 8.85. The molecule has 6 heteroatoms. The summed E-state index contributed by atoms with van der Waals surface area (Å²) in [6.45, 7) is 10.8. The molecular formula is C11H21NO4S. The topological polar surface area (TPSA) is 75.6 Å². The van der Waals surface area contributed by atoms with Crippen molar-refractivity contribution >= 4 is 23.8 Å². The number of rotatable bonds is 3. The molecule has 0 fully saturated rings. The van der Waals surface area contributed by atoms with Crippen LogP contribution in [0, 0.1) is 0 Å². The van der Waals surface area contributed by atoms with Crippen LogP contribution >= 0.6 is 11.8 Å². The zero-order chi connectivity index (χ0) is 13.9. The number of carboxylic acids is 1. The van der Waals surface area contributed by atoms with Gasteiger partial charge in [0, 0.05) is 4.75 Å². The van der Waals surface area contributed by atoms with Gasteiger partial charge < -0.3 is 9.84 Å². The number of ether oxygens (including phenoxy) is 1. The van der Waals surface area contributed by atoms with Gasteiger partial charge in [-0.25, -0.2) is 9.59 Å². The van der Waals surface area contributed by atoms with Crippen molar-refractivity contribution in [3.05, 3.63) is 0 Å². The van der Waals surface area contributed by atoms with Gasteiger partial charge in [-0.15, -0.1) is 11.8 Å². The molecule has 2 N–H and O–H groups in total. The maximum absolute atomic E-state index is 11.4. The van der Waals surface area contributed by atoms with Crippen LogP contribution in [-0.2, 0) is 9.53 Å². The Bertz CT molecular complexity index is 291. The Labute approximate surface area is 106 Å². The summed E-state index contributed by atoms with van der Waals surface area (Å²) in [5, 5.41) is 10.3. The second kappa shape index (κ2) is 5.62. The molecular weight excluding hydrogens is 242 g/mol. The second-order valence-electron chi connectivity index (χ2n) is 5.59. The van der Waals surface area contributed by atoms with Crippen LogP contribution in [0.4, 0.5) is 4.79 Å². The van der Waals surface area contributed by atoms with Gasteiger partial charge in [-0.2, -0.15) is 0 Å². The van der Waals surface area contributed by atoms with Crippen LogP contribution in [0.25, 0.3) is 0 Å². The lowest BCUT2D eigenvalue weighted by atomic mass is 10.2. The summed E-state index contributed by atoms with van der Waals surface area (Å²) in [5.41, 5.74) is -0.639. The zero-order valence-corrected chi connectivity index (χ0v) is 12.0. The number of amides is 1. The van der Waals surface area contributed by atoms with E-state index in [0.29, 0.717) is 0 Å². The van der Waals surface area contributed by atoms with Crippen LogP contribution in [0.2, 0.25) is 0 Å². The lowest BCUT2D eigenvalue weighted by Gasteiger charge is -2.25. The molecule has 0 aliphatic heterocycles. The highest BCUT2D eigenvalue weighted by atomic mass is 32.2. The minimum absolute atomic E-state index is 0.266. The number of hydrogen-bond donors (Lipinski definition) is 2. The van der Waals surface area contributed by atoms with Gasteiger partial charge >= 0.3 is 12.1 Å². The summed E-state index contributed by atoms with van der Waals surface area (Å²) in [5.74, 6) is -1.09. The first-order valence-electron chi connectivity index (χ1n) is 5.31. The van der Waals surface area contributed by atoms with Crippen molar-refractivity contribution in [3.63, 3.8) is 0 Å². The van der Waals surface area contributed by atoms with E-state index in [9.17, 15) is 9.59 Å². The Morgan fingerprint density at radius 2 is 1.65 bits per heavy atom. The average molecular weight is 263 g/mol. The Hall–Kier alpha value is -0.910. The number of hydrogen-bond acceptors (Lipinski definition) is 4. The predicted molar refractivity (Wildman–Crippen MR) is 68.1 cm³/mol. The largest absolute Gasteiger partial charge is 0.479 e. The highest BCUT2D eigenvalue weighted by Gasteiger charge is 2.28. The molecule has 0 aromatic rings. The van der Waals surface area contributed by atoms with Crippen molar-refractivity contribution in [1.29, 1.82) is 0 Å². The van der Waals surface area contributed by atoms with Crippen molar-refractivity contribution in [1.82, 2.24) is 5.32 Å². The Kier molecular flexibility index (Phi) is 5.32. The zero-order valence-electron chi connectivity index (χ0n) is 11.2. The van der Waals surface area contributed by atoms with Crippen molar-refractivity contribution in [2.24, 2.45) is 0 Å². The molecule has 1 atom stereocenters. The first-order valence-corrected chi connectivity index (χ1v) is 6.19. The van der Waals surface area contributed by atoms with E-state index in [1.807, 2.05) is 20.8 Å². The Balaban J connectivity index is 4.47. The van der Waals surface area contributed by atoms with Crippen molar-refractivity contribution in [2.75, 3.05) is 0 Å². The lowest BCUT2D eigenvalue weighted by molar-refractivity contribution is -0.137. The SMILES string of the molecule is CC(C)(C)OC(=O)NC(SC(C)(C)C)C(=O)O. The summed E-state index contributed by atoms with van der Waals surface area (Å²) < 4.78 is 4.74. The molecule has 17 heavy (non-hydrogen) atoms. The quantitative estimate of drug-likeness (QED) is 0.765. The van der Waals surface area contributed by atoms with Gasteiger partial charge in [0.05, 0.1) is 0 Å². The van der Waals surface area contributed by atoms with Crippen LogP contribution in [0.15, 0.2) is 0 Å². The van der Waals surface area contributed by atoms with Crippen molar-refractivity contribution in [3.8, 4) is 0 Å². The molecule has 100 valence electrons. The molecule has 0 aromatic carbocycles. The standard InChI is InChI=1S/C11H21NO4S/c1-10(2,3)16-9(15)12-7(8(13)14)17-11(4,5)6/h7H,1-6H3,(H,12,15)(H,13,14). The summed E-state index contributed by atoms with van der Waals surface area (Å²) in [6, 6.07) is 0. The predicted octanol–water partition coefficient (Wildman–Crippen LogP) is 2.45. The molecule has 0 bridgehead atoms. The van der Waals surface area contributed by atoms with Crippen LogP contribution in [-0.4, -0.2) is 32.9 Å². The molecule has 1 unspecified atom stereocenters. The molecule has 5 nitrogen and oxygen atoms in total. The molecule has 0 saturated carbocycles. The summed E-state index contributed by atoms with van der Waals surface area (Å²) in [6.07, 6.45) is -0.721. The molecule has 0 saturated heterocycles. The first kappa shape index (κ1) is 16.1. The minimum Gasteiger partial charge on any atom is -0.479 e. The molecule has 0 rings (SSSR count). The fourth-order valence-corrected chi connectivity index (χ4v) is 1.87. The van der Waals surface area contributed by atoms with Crippen LogP contribution in [0.3, 0.4) is 0 Å². The van der Waals surface area contributed by atoms with Gasteiger partial charge in [0.25, 0.3) is 0 Å². The molecule has 0 spiro atoms.